The van der Waals surface area contributed by atoms with Crippen LogP contribution in [0, 0.1) is 5.82 Å². The Bertz CT molecular complexity index is 494. The van der Waals surface area contributed by atoms with Crippen LogP contribution in [0.5, 0.6) is 5.75 Å². The first kappa shape index (κ1) is 19.0. The Morgan fingerprint density at radius 1 is 1.45 bits per heavy atom. The number of benzene rings is 1. The summed E-state index contributed by atoms with van der Waals surface area (Å²) in [5.74, 6) is 0.570. The molecule has 1 aromatic carbocycles. The van der Waals surface area contributed by atoms with Gasteiger partial charge in [-0.3, -0.25) is 4.99 Å². The first-order valence-corrected chi connectivity index (χ1v) is 7.11. The van der Waals surface area contributed by atoms with Crippen LogP contribution >= 0.6 is 24.0 Å². The Morgan fingerprint density at radius 2 is 2.27 bits per heavy atom. The Kier molecular flexibility index (Phi) is 8.47. The fraction of sp³-hybridized carbons (Fsp3) is 0.533. The lowest BCUT2D eigenvalue weighted by molar-refractivity contribution is 0.114. The second kappa shape index (κ2) is 9.83. The zero-order valence-electron chi connectivity index (χ0n) is 12.9. The number of hydrogen-bond donors (Lipinski definition) is 2. The van der Waals surface area contributed by atoms with Crippen LogP contribution in [0.2, 0.25) is 0 Å². The molecule has 22 heavy (non-hydrogen) atoms. The predicted molar refractivity (Wildman–Crippen MR) is 95.5 cm³/mol. The first-order chi connectivity index (χ1) is 10.2. The fourth-order valence-electron chi connectivity index (χ4n) is 2.24. The van der Waals surface area contributed by atoms with Gasteiger partial charge in [0.05, 0.1) is 13.2 Å². The molecule has 1 unspecified atom stereocenters. The summed E-state index contributed by atoms with van der Waals surface area (Å²) in [6.07, 6.45) is 2.44. The van der Waals surface area contributed by atoms with E-state index in [1.165, 1.54) is 13.2 Å². The second-order valence-electron chi connectivity index (χ2n) is 4.91. The molecule has 0 amide bonds. The molecule has 1 aliphatic rings. The number of nitrogens with zero attached hydrogens (tertiary/aromatic N) is 1. The molecule has 124 valence electrons. The molecule has 1 atom stereocenters. The predicted octanol–water partition coefficient (Wildman–Crippen LogP) is 2.30. The molecule has 0 saturated carbocycles. The van der Waals surface area contributed by atoms with E-state index in [-0.39, 0.29) is 41.6 Å². The van der Waals surface area contributed by atoms with E-state index >= 15 is 0 Å². The first-order valence-electron chi connectivity index (χ1n) is 7.11. The lowest BCUT2D eigenvalue weighted by Gasteiger charge is -2.15. The number of aliphatic imine (C=N–C) groups is 1. The van der Waals surface area contributed by atoms with Crippen LogP contribution in [0.15, 0.2) is 23.2 Å². The van der Waals surface area contributed by atoms with Crippen molar-refractivity contribution in [3.8, 4) is 5.75 Å². The summed E-state index contributed by atoms with van der Waals surface area (Å²) >= 11 is 0. The third-order valence-electron chi connectivity index (χ3n) is 3.42. The molecular formula is C15H23FIN3O2. The number of ether oxygens (including phenoxy) is 2. The molecule has 0 spiro atoms. The van der Waals surface area contributed by atoms with Gasteiger partial charge < -0.3 is 20.1 Å². The van der Waals surface area contributed by atoms with Gasteiger partial charge in [-0.2, -0.15) is 0 Å². The lowest BCUT2D eigenvalue weighted by atomic mass is 10.2. The van der Waals surface area contributed by atoms with Crippen molar-refractivity contribution in [1.82, 2.24) is 10.6 Å². The number of nitrogens with one attached hydrogen (secondary N) is 2. The average Bonchev–Trinajstić information content (AvgIpc) is 3.01. The highest BCUT2D eigenvalue weighted by Gasteiger charge is 2.15. The van der Waals surface area contributed by atoms with Gasteiger partial charge in [0, 0.05) is 26.7 Å². The summed E-state index contributed by atoms with van der Waals surface area (Å²) in [4.78, 5) is 4.14. The van der Waals surface area contributed by atoms with E-state index < -0.39 is 0 Å². The molecule has 0 radical (unpaired) electrons. The quantitative estimate of drug-likeness (QED) is 0.434. The molecule has 1 saturated heterocycles. The number of hydrogen-bond acceptors (Lipinski definition) is 3. The number of methoxy groups -OCH3 is 1. The molecule has 5 nitrogen and oxygen atoms in total. The number of guanidine groups is 1. The van der Waals surface area contributed by atoms with E-state index in [9.17, 15) is 4.39 Å². The highest BCUT2D eigenvalue weighted by molar-refractivity contribution is 14.0. The Labute approximate surface area is 147 Å². The highest BCUT2D eigenvalue weighted by Crippen LogP contribution is 2.17. The minimum Gasteiger partial charge on any atom is -0.494 e. The maximum Gasteiger partial charge on any atom is 0.191 e. The van der Waals surface area contributed by atoms with E-state index in [1.54, 1.807) is 13.1 Å². The highest BCUT2D eigenvalue weighted by atomic mass is 127. The summed E-state index contributed by atoms with van der Waals surface area (Å²) in [6.45, 7) is 2.06. The smallest absolute Gasteiger partial charge is 0.191 e. The topological polar surface area (TPSA) is 54.9 Å². The molecule has 2 rings (SSSR count). The molecule has 1 aromatic rings. The zero-order chi connectivity index (χ0) is 15.1. The Morgan fingerprint density at radius 3 is 2.86 bits per heavy atom. The molecular weight excluding hydrogens is 400 g/mol. The standard InChI is InChI=1S/C15H22FN3O2.HI/c1-17-15(19-10-12-4-3-7-21-12)18-9-11-5-6-14(20-2)13(16)8-11;/h5-6,8,12H,3-4,7,9-10H2,1-2H3,(H2,17,18,19);1H. The maximum absolute atomic E-state index is 13.6. The van der Waals surface area contributed by atoms with Crippen LogP contribution in [0.4, 0.5) is 4.39 Å². The monoisotopic (exact) mass is 423 g/mol. The van der Waals surface area contributed by atoms with Crippen molar-refractivity contribution in [3.63, 3.8) is 0 Å². The van der Waals surface area contributed by atoms with Crippen molar-refractivity contribution in [1.29, 1.82) is 0 Å². The van der Waals surface area contributed by atoms with E-state index in [4.69, 9.17) is 9.47 Å². The summed E-state index contributed by atoms with van der Waals surface area (Å²) in [7, 11) is 3.16. The molecule has 1 fully saturated rings. The SMILES string of the molecule is CN=C(NCc1ccc(OC)c(F)c1)NCC1CCCO1.I. The van der Waals surface area contributed by atoms with Crippen molar-refractivity contribution in [2.75, 3.05) is 27.3 Å². The van der Waals surface area contributed by atoms with Crippen molar-refractivity contribution in [2.24, 2.45) is 4.99 Å². The minimum atomic E-state index is -0.362. The average molecular weight is 423 g/mol. The molecule has 0 aliphatic carbocycles. The summed E-state index contributed by atoms with van der Waals surface area (Å²) in [5.41, 5.74) is 0.827. The van der Waals surface area contributed by atoms with Crippen LogP contribution in [0.1, 0.15) is 18.4 Å². The molecule has 7 heteroatoms. The Hall–Kier alpha value is -1.09. The maximum atomic E-state index is 13.6. The van der Waals surface area contributed by atoms with Gasteiger partial charge in [-0.1, -0.05) is 6.07 Å². The van der Waals surface area contributed by atoms with E-state index in [2.05, 4.69) is 15.6 Å². The van der Waals surface area contributed by atoms with Crippen LogP contribution < -0.4 is 15.4 Å². The van der Waals surface area contributed by atoms with Gasteiger partial charge in [-0.05, 0) is 30.5 Å². The van der Waals surface area contributed by atoms with Crippen molar-refractivity contribution < 1.29 is 13.9 Å². The van der Waals surface area contributed by atoms with Crippen LogP contribution in [-0.4, -0.2) is 39.4 Å². The van der Waals surface area contributed by atoms with Gasteiger partial charge in [-0.25, -0.2) is 4.39 Å². The van der Waals surface area contributed by atoms with Gasteiger partial charge in [-0.15, -0.1) is 24.0 Å². The zero-order valence-corrected chi connectivity index (χ0v) is 15.2. The summed E-state index contributed by atoms with van der Waals surface area (Å²) < 4.78 is 24.0. The number of halogens is 2. The molecule has 2 N–H and O–H groups in total. The van der Waals surface area contributed by atoms with Gasteiger partial charge >= 0.3 is 0 Å². The Balaban J connectivity index is 0.00000242. The molecule has 0 aromatic heterocycles. The van der Waals surface area contributed by atoms with Crippen LogP contribution in [-0.2, 0) is 11.3 Å². The second-order valence-corrected chi connectivity index (χ2v) is 4.91. The lowest BCUT2D eigenvalue weighted by Crippen LogP contribution is -2.40. The van der Waals surface area contributed by atoms with Gasteiger partial charge in [0.25, 0.3) is 0 Å². The van der Waals surface area contributed by atoms with Crippen LogP contribution in [0.25, 0.3) is 0 Å². The minimum absolute atomic E-state index is 0. The molecule has 1 heterocycles. The van der Waals surface area contributed by atoms with E-state index in [0.29, 0.717) is 12.5 Å². The van der Waals surface area contributed by atoms with Gasteiger partial charge in [0.1, 0.15) is 0 Å². The normalized spacial score (nSPS) is 17.8. The molecule has 0 bridgehead atoms. The summed E-state index contributed by atoms with van der Waals surface area (Å²) in [6, 6.07) is 4.90. The van der Waals surface area contributed by atoms with E-state index in [0.717, 1.165) is 31.6 Å². The third kappa shape index (κ3) is 5.60. The molecule has 1 aliphatic heterocycles. The number of rotatable bonds is 5. The summed E-state index contributed by atoms with van der Waals surface area (Å²) in [5, 5.41) is 6.36. The third-order valence-corrected chi connectivity index (χ3v) is 3.42. The van der Waals surface area contributed by atoms with Crippen molar-refractivity contribution in [3.05, 3.63) is 29.6 Å². The largest absolute Gasteiger partial charge is 0.494 e. The van der Waals surface area contributed by atoms with Crippen LogP contribution in [0.3, 0.4) is 0 Å². The van der Waals surface area contributed by atoms with Crippen molar-refractivity contribution >= 4 is 29.9 Å². The van der Waals surface area contributed by atoms with Crippen molar-refractivity contribution in [2.45, 2.75) is 25.5 Å². The van der Waals surface area contributed by atoms with Gasteiger partial charge in [0.15, 0.2) is 17.5 Å². The van der Waals surface area contributed by atoms with E-state index in [1.807, 2.05) is 6.07 Å². The van der Waals surface area contributed by atoms with Gasteiger partial charge in [0.2, 0.25) is 0 Å². The fourth-order valence-corrected chi connectivity index (χ4v) is 2.24.